The number of hydrogen-bond donors (Lipinski definition) is 4. The molecule has 13 heteroatoms. The largest absolute Gasteiger partial charge is 0.416 e. The van der Waals surface area contributed by atoms with E-state index in [9.17, 15) is 23.4 Å². The summed E-state index contributed by atoms with van der Waals surface area (Å²) in [6.45, 7) is 2.68. The molecule has 1 aliphatic heterocycles. The summed E-state index contributed by atoms with van der Waals surface area (Å²) in [6, 6.07) is 9.62. The van der Waals surface area contributed by atoms with Crippen LogP contribution in [0.5, 0.6) is 0 Å². The molecule has 1 fully saturated rings. The predicted molar refractivity (Wildman–Crippen MR) is 138 cm³/mol. The number of aromatic nitrogens is 5. The van der Waals surface area contributed by atoms with Gasteiger partial charge in [-0.1, -0.05) is 17.7 Å². The molecule has 0 spiro atoms. The van der Waals surface area contributed by atoms with Crippen LogP contribution in [0.1, 0.15) is 11.1 Å². The number of rotatable bonds is 6. The van der Waals surface area contributed by atoms with Crippen LogP contribution < -0.4 is 11.1 Å². The fourth-order valence-corrected chi connectivity index (χ4v) is 5.29. The van der Waals surface area contributed by atoms with Crippen molar-refractivity contribution in [3.8, 4) is 0 Å². The zero-order valence-electron chi connectivity index (χ0n) is 20.9. The van der Waals surface area contributed by atoms with Gasteiger partial charge in [-0.25, -0.2) is 15.0 Å². The van der Waals surface area contributed by atoms with Gasteiger partial charge >= 0.3 is 6.18 Å². The van der Waals surface area contributed by atoms with Crippen LogP contribution in [0.4, 0.5) is 19.0 Å². The van der Waals surface area contributed by atoms with Crippen molar-refractivity contribution in [2.75, 3.05) is 25.4 Å². The second kappa shape index (κ2) is 9.16. The highest BCUT2D eigenvalue weighted by molar-refractivity contribution is 6.08. The number of alkyl halides is 3. The van der Waals surface area contributed by atoms with Gasteiger partial charge in [0.2, 0.25) is 0 Å². The Hall–Kier alpha value is -3.78. The Kier molecular flexibility index (Phi) is 5.99. The smallest absolute Gasteiger partial charge is 0.385 e. The fraction of sp³-hybridized carbons (Fsp3) is 0.346. The van der Waals surface area contributed by atoms with E-state index in [0.717, 1.165) is 27.9 Å². The minimum Gasteiger partial charge on any atom is -0.385 e. The van der Waals surface area contributed by atoms with Crippen LogP contribution in [0.3, 0.4) is 0 Å². The van der Waals surface area contributed by atoms with E-state index in [4.69, 9.17) is 10.5 Å². The number of nitrogens with zero attached hydrogens (tertiary/aromatic N) is 5. The molecule has 6 rings (SSSR count). The maximum Gasteiger partial charge on any atom is 0.416 e. The van der Waals surface area contributed by atoms with Crippen molar-refractivity contribution in [3.05, 3.63) is 60.2 Å². The lowest BCUT2D eigenvalue weighted by molar-refractivity contribution is -0.137. The second-order valence-electron chi connectivity index (χ2n) is 9.82. The molecule has 3 unspecified atom stereocenters. The number of nitrogen functional groups attached to an aromatic ring is 1. The number of nitrogens with one attached hydrogen (secondary N) is 1. The number of aryl methyl sites for hydroxylation is 1. The lowest BCUT2D eigenvalue weighted by Crippen LogP contribution is -2.48. The zero-order valence-corrected chi connectivity index (χ0v) is 20.9. The summed E-state index contributed by atoms with van der Waals surface area (Å²) >= 11 is 0. The Balaban J connectivity index is 1.19. The number of imidazole rings is 1. The summed E-state index contributed by atoms with van der Waals surface area (Å²) in [7, 11) is 0. The minimum absolute atomic E-state index is 0.150. The van der Waals surface area contributed by atoms with Gasteiger partial charge in [0.05, 0.1) is 18.5 Å². The molecular weight excluding hydrogens is 515 g/mol. The van der Waals surface area contributed by atoms with Crippen molar-refractivity contribution < 1.29 is 28.1 Å². The van der Waals surface area contributed by atoms with Gasteiger partial charge in [-0.3, -0.25) is 4.57 Å². The van der Waals surface area contributed by atoms with Gasteiger partial charge in [0.1, 0.15) is 24.1 Å². The summed E-state index contributed by atoms with van der Waals surface area (Å²) in [5, 5.41) is 27.1. The van der Waals surface area contributed by atoms with Gasteiger partial charge < -0.3 is 30.6 Å². The Morgan fingerprint density at radius 2 is 1.95 bits per heavy atom. The van der Waals surface area contributed by atoms with Crippen LogP contribution in [0, 0.1) is 6.92 Å². The van der Waals surface area contributed by atoms with Gasteiger partial charge in [-0.05, 0) is 31.2 Å². The fourth-order valence-electron chi connectivity index (χ4n) is 5.29. The lowest BCUT2D eigenvalue weighted by atomic mass is 10.1. The molecule has 204 valence electrons. The molecule has 3 aromatic heterocycles. The first-order valence-corrected chi connectivity index (χ1v) is 12.3. The third kappa shape index (κ3) is 4.18. The summed E-state index contributed by atoms with van der Waals surface area (Å²) in [4.78, 5) is 12.2. The molecule has 4 heterocycles. The maximum atomic E-state index is 13.5. The SMILES string of the molecule is Cc1ccc2c(c1)c1ccc(C(F)(F)F)cc1n2CCNCC1OCC(O)(n2cnc3c(N)ncnc32)C1O. The minimum atomic E-state index is -4.45. The quantitative estimate of drug-likeness (QED) is 0.241. The topological polar surface area (TPSA) is 136 Å². The van der Waals surface area contributed by atoms with Crippen LogP contribution in [0.2, 0.25) is 0 Å². The van der Waals surface area contributed by atoms with E-state index < -0.39 is 29.7 Å². The first-order chi connectivity index (χ1) is 18.6. The molecule has 5 N–H and O–H groups in total. The summed E-state index contributed by atoms with van der Waals surface area (Å²) in [5.74, 6) is 0.150. The van der Waals surface area contributed by atoms with Gasteiger partial charge in [-0.2, -0.15) is 13.2 Å². The van der Waals surface area contributed by atoms with Crippen molar-refractivity contribution in [2.45, 2.75) is 37.6 Å². The Labute approximate surface area is 219 Å². The van der Waals surface area contributed by atoms with Gasteiger partial charge in [0.25, 0.3) is 0 Å². The lowest BCUT2D eigenvalue weighted by Gasteiger charge is -2.28. The Morgan fingerprint density at radius 1 is 1.13 bits per heavy atom. The first kappa shape index (κ1) is 25.5. The second-order valence-corrected chi connectivity index (χ2v) is 9.82. The van der Waals surface area contributed by atoms with Crippen LogP contribution >= 0.6 is 0 Å². The van der Waals surface area contributed by atoms with E-state index in [1.54, 1.807) is 0 Å². The monoisotopic (exact) mass is 541 g/mol. The highest BCUT2D eigenvalue weighted by atomic mass is 19.4. The first-order valence-electron chi connectivity index (χ1n) is 12.3. The predicted octanol–water partition coefficient (Wildman–Crippen LogP) is 2.54. The highest BCUT2D eigenvalue weighted by Crippen LogP contribution is 2.36. The van der Waals surface area contributed by atoms with Crippen molar-refractivity contribution in [1.82, 2.24) is 29.4 Å². The van der Waals surface area contributed by atoms with Crippen LogP contribution in [0.15, 0.2) is 49.1 Å². The molecular formula is C26H26F3N7O3. The number of aliphatic hydroxyl groups is 2. The van der Waals surface area contributed by atoms with Gasteiger partial charge in [0.15, 0.2) is 17.2 Å². The van der Waals surface area contributed by atoms with Crippen LogP contribution in [-0.4, -0.2) is 66.2 Å². The average Bonchev–Trinajstić information content (AvgIpc) is 3.55. The summed E-state index contributed by atoms with van der Waals surface area (Å²) in [6.07, 6.45) is -3.95. The molecule has 0 amide bonds. The number of halogens is 3. The van der Waals surface area contributed by atoms with Crippen LogP contribution in [0.25, 0.3) is 33.0 Å². The number of fused-ring (bicyclic) bond motifs is 4. The van der Waals surface area contributed by atoms with E-state index in [1.807, 2.05) is 29.7 Å². The average molecular weight is 542 g/mol. The molecule has 3 atom stereocenters. The number of ether oxygens (including phenoxy) is 1. The number of anilines is 1. The van der Waals surface area contributed by atoms with E-state index in [2.05, 4.69) is 20.3 Å². The molecule has 0 saturated carbocycles. The molecule has 0 aliphatic carbocycles. The molecule has 5 aromatic rings. The van der Waals surface area contributed by atoms with Crippen molar-refractivity contribution >= 4 is 38.8 Å². The molecule has 2 aromatic carbocycles. The van der Waals surface area contributed by atoms with E-state index in [1.165, 1.54) is 29.4 Å². The molecule has 1 aliphatic rings. The van der Waals surface area contributed by atoms with Crippen molar-refractivity contribution in [1.29, 1.82) is 0 Å². The Bertz CT molecular complexity index is 1700. The molecule has 39 heavy (non-hydrogen) atoms. The molecule has 1 saturated heterocycles. The zero-order chi connectivity index (χ0) is 27.5. The molecule has 0 radical (unpaired) electrons. The van der Waals surface area contributed by atoms with E-state index >= 15 is 0 Å². The number of aliphatic hydroxyl groups excluding tert-OH is 1. The van der Waals surface area contributed by atoms with E-state index in [0.29, 0.717) is 24.1 Å². The van der Waals surface area contributed by atoms with Crippen molar-refractivity contribution in [3.63, 3.8) is 0 Å². The standard InChI is InChI=1S/C26H26F3N7O3/c1-14-2-5-18-17(8-14)16-4-3-15(26(27,28)29)9-19(16)35(18)7-6-31-10-20-22(37)25(38,11-39-20)36-13-34-21-23(30)32-12-33-24(21)36/h2-5,8-9,12-13,20,22,31,37-38H,6-7,10-11H2,1H3,(H2,30,32,33). The van der Waals surface area contributed by atoms with Crippen LogP contribution in [-0.2, 0) is 23.2 Å². The third-order valence-electron chi connectivity index (χ3n) is 7.32. The van der Waals surface area contributed by atoms with E-state index in [-0.39, 0.29) is 24.6 Å². The number of hydrogen-bond acceptors (Lipinski definition) is 8. The summed E-state index contributed by atoms with van der Waals surface area (Å²) in [5.41, 5.74) is 6.21. The normalized spacial score (nSPS) is 22.0. The molecule has 0 bridgehead atoms. The van der Waals surface area contributed by atoms with Gasteiger partial charge in [-0.15, -0.1) is 0 Å². The third-order valence-corrected chi connectivity index (χ3v) is 7.32. The number of nitrogens with two attached hydrogens (primary N) is 1. The van der Waals surface area contributed by atoms with Crippen molar-refractivity contribution in [2.24, 2.45) is 0 Å². The Morgan fingerprint density at radius 3 is 2.74 bits per heavy atom. The molecule has 10 nitrogen and oxygen atoms in total. The summed E-state index contributed by atoms with van der Waals surface area (Å²) < 4.78 is 49.3. The number of benzene rings is 2. The highest BCUT2D eigenvalue weighted by Gasteiger charge is 2.50. The van der Waals surface area contributed by atoms with Gasteiger partial charge in [0, 0.05) is 41.4 Å². The maximum absolute atomic E-state index is 13.5.